The van der Waals surface area contributed by atoms with E-state index in [1.807, 2.05) is 32.8 Å². The number of hydrogen-bond donors (Lipinski definition) is 0. The van der Waals surface area contributed by atoms with Gasteiger partial charge in [-0.25, -0.2) is 0 Å². The van der Waals surface area contributed by atoms with Crippen LogP contribution in [0.5, 0.6) is 0 Å². The van der Waals surface area contributed by atoms with Crippen LogP contribution in [0, 0.1) is 6.92 Å². The SMILES string of the molecule is CC(=O)O[C@@H]1[C@H](C)O[C@@H](c2ccc3c(c2C(C)=O)C(=O)c2c(cc(C)c4c(=O)cc([C@]5(C)O[C@H]5[C@@H]5O[C@H]5C)oc24)C3=O)C[C@@]1(C)N(C)C. The molecule has 3 aliphatic heterocycles. The Morgan fingerprint density at radius 1 is 0.938 bits per heavy atom. The molecule has 0 saturated carbocycles. The number of esters is 1. The lowest BCUT2D eigenvalue weighted by atomic mass is 9.75. The van der Waals surface area contributed by atoms with Crippen LogP contribution in [-0.4, -0.2) is 78.4 Å². The number of rotatable bonds is 6. The number of epoxide rings is 2. The Balaban J connectivity index is 1.38. The molecule has 1 aliphatic carbocycles. The van der Waals surface area contributed by atoms with Gasteiger partial charge in [-0.1, -0.05) is 6.07 Å². The highest BCUT2D eigenvalue weighted by Gasteiger charge is 2.66. The zero-order valence-corrected chi connectivity index (χ0v) is 28.5. The van der Waals surface area contributed by atoms with E-state index >= 15 is 0 Å². The molecule has 11 nitrogen and oxygen atoms in total. The van der Waals surface area contributed by atoms with E-state index in [1.54, 1.807) is 39.0 Å². The topological polar surface area (TPSA) is 145 Å². The maximum atomic E-state index is 14.7. The summed E-state index contributed by atoms with van der Waals surface area (Å²) in [5.41, 5.74) is -0.910. The van der Waals surface area contributed by atoms with Gasteiger partial charge in [0, 0.05) is 35.2 Å². The lowest BCUT2D eigenvalue weighted by Crippen LogP contribution is -2.61. The second kappa shape index (κ2) is 10.7. The van der Waals surface area contributed by atoms with Crippen LogP contribution in [0.1, 0.15) is 113 Å². The third-order valence-electron chi connectivity index (χ3n) is 10.8. The van der Waals surface area contributed by atoms with Gasteiger partial charge in [-0.05, 0) is 85.3 Å². The number of nitrogens with zero attached hydrogens (tertiary/aromatic N) is 1. The molecule has 0 amide bonds. The van der Waals surface area contributed by atoms with Gasteiger partial charge in [0.05, 0.1) is 34.8 Å². The van der Waals surface area contributed by atoms with Crippen molar-refractivity contribution in [1.82, 2.24) is 4.90 Å². The number of hydrogen-bond acceptors (Lipinski definition) is 11. The van der Waals surface area contributed by atoms with Gasteiger partial charge in [0.1, 0.15) is 29.7 Å². The molecule has 48 heavy (non-hydrogen) atoms. The number of ketones is 3. The first-order valence-electron chi connectivity index (χ1n) is 16.2. The first-order valence-corrected chi connectivity index (χ1v) is 16.2. The van der Waals surface area contributed by atoms with Gasteiger partial charge in [0.25, 0.3) is 0 Å². The molecule has 1 aromatic heterocycles. The molecule has 0 spiro atoms. The van der Waals surface area contributed by atoms with E-state index in [1.165, 1.54) is 19.9 Å². The van der Waals surface area contributed by atoms with Crippen LogP contribution < -0.4 is 5.43 Å². The van der Waals surface area contributed by atoms with Crippen molar-refractivity contribution in [1.29, 1.82) is 0 Å². The number of carbonyl (C=O) groups excluding carboxylic acids is 4. The Bertz CT molecular complexity index is 2030. The maximum Gasteiger partial charge on any atom is 0.303 e. The van der Waals surface area contributed by atoms with Crippen LogP contribution in [0.15, 0.2) is 33.5 Å². The number of ether oxygens (including phenoxy) is 4. The van der Waals surface area contributed by atoms with Crippen molar-refractivity contribution in [2.75, 3.05) is 14.1 Å². The molecular formula is C37H39NO10. The number of Topliss-reactive ketones (excluding diaryl/α,β-unsaturated/α-hetero) is 1. The molecule has 4 heterocycles. The molecule has 4 aliphatic rings. The van der Waals surface area contributed by atoms with Crippen LogP contribution in [0.25, 0.3) is 11.0 Å². The lowest BCUT2D eigenvalue weighted by Gasteiger charge is -2.50. The highest BCUT2D eigenvalue weighted by Crippen LogP contribution is 2.53. The van der Waals surface area contributed by atoms with Gasteiger partial charge >= 0.3 is 5.97 Å². The normalized spacial score (nSPS) is 32.2. The molecule has 0 unspecified atom stereocenters. The third-order valence-corrected chi connectivity index (χ3v) is 10.8. The minimum absolute atomic E-state index is 0.0106. The Morgan fingerprint density at radius 2 is 1.62 bits per heavy atom. The molecule has 7 rings (SSSR count). The summed E-state index contributed by atoms with van der Waals surface area (Å²) in [4.78, 5) is 70.0. The van der Waals surface area contributed by atoms with Crippen LogP contribution >= 0.6 is 0 Å². The average Bonchev–Trinajstić information content (AvgIpc) is 3.91. The van der Waals surface area contributed by atoms with Gasteiger partial charge in [-0.15, -0.1) is 0 Å². The van der Waals surface area contributed by atoms with E-state index < -0.39 is 52.8 Å². The van der Waals surface area contributed by atoms with E-state index in [2.05, 4.69) is 0 Å². The summed E-state index contributed by atoms with van der Waals surface area (Å²) >= 11 is 0. The molecule has 3 aromatic rings. The van der Waals surface area contributed by atoms with Crippen molar-refractivity contribution in [3.05, 3.63) is 79.2 Å². The van der Waals surface area contributed by atoms with Crippen molar-refractivity contribution in [2.24, 2.45) is 0 Å². The van der Waals surface area contributed by atoms with Crippen LogP contribution in [-0.2, 0) is 29.3 Å². The summed E-state index contributed by atoms with van der Waals surface area (Å²) in [6, 6.07) is 6.15. The monoisotopic (exact) mass is 657 g/mol. The first-order chi connectivity index (χ1) is 22.5. The van der Waals surface area contributed by atoms with Gasteiger partial charge in [-0.2, -0.15) is 0 Å². The van der Waals surface area contributed by atoms with E-state index in [-0.39, 0.29) is 68.3 Å². The standard InChI is InChI=1S/C37H39NO10/c1-15-12-22-29(33-26(15)23(41)13-25(47-33)37(7)35(48-37)32-17(3)45-32)31(43)28-21(30(22)42)11-10-20(27(28)16(2)39)24-14-36(6,38(8)9)34(18(4)44-24)46-19(5)40/h10-13,17-18,24,32,34-35H,14H2,1-9H3/t17-,18-,24+,32+,34+,35-,36+,37-/m0/s1. The molecule has 3 saturated heterocycles. The fraction of sp³-hybridized carbons (Fsp3) is 0.486. The highest BCUT2D eigenvalue weighted by molar-refractivity contribution is 6.34. The predicted molar refractivity (Wildman–Crippen MR) is 173 cm³/mol. The molecular weight excluding hydrogens is 618 g/mol. The fourth-order valence-corrected chi connectivity index (χ4v) is 7.86. The number of fused-ring (bicyclic) bond motifs is 4. The van der Waals surface area contributed by atoms with E-state index in [0.29, 0.717) is 17.5 Å². The minimum Gasteiger partial charge on any atom is -0.458 e. The summed E-state index contributed by atoms with van der Waals surface area (Å²) in [6.07, 6.45) is -1.94. The molecule has 252 valence electrons. The summed E-state index contributed by atoms with van der Waals surface area (Å²) < 4.78 is 30.1. The number of likely N-dealkylation sites (N-methyl/N-ethyl adjacent to an activating group) is 1. The maximum absolute atomic E-state index is 14.7. The second-order valence-corrected chi connectivity index (χ2v) is 14.2. The van der Waals surface area contributed by atoms with Gasteiger partial charge in [0.2, 0.25) is 0 Å². The lowest BCUT2D eigenvalue weighted by molar-refractivity contribution is -0.200. The molecule has 8 atom stereocenters. The summed E-state index contributed by atoms with van der Waals surface area (Å²) in [5.74, 6) is -1.66. The van der Waals surface area contributed by atoms with E-state index in [0.717, 1.165) is 0 Å². The Kier molecular flexibility index (Phi) is 7.27. The van der Waals surface area contributed by atoms with E-state index in [9.17, 15) is 24.0 Å². The zero-order valence-electron chi connectivity index (χ0n) is 28.5. The van der Waals surface area contributed by atoms with Crippen LogP contribution in [0.4, 0.5) is 0 Å². The zero-order chi connectivity index (χ0) is 34.8. The fourth-order valence-electron chi connectivity index (χ4n) is 7.86. The number of aryl methyl sites for hydroxylation is 1. The molecule has 2 aromatic carbocycles. The van der Waals surface area contributed by atoms with Crippen molar-refractivity contribution in [2.45, 2.75) is 103 Å². The average molecular weight is 658 g/mol. The number of benzene rings is 2. The minimum atomic E-state index is -0.936. The molecule has 0 bridgehead atoms. The van der Waals surface area contributed by atoms with Crippen molar-refractivity contribution >= 4 is 34.3 Å². The Morgan fingerprint density at radius 3 is 2.23 bits per heavy atom. The quantitative estimate of drug-likeness (QED) is 0.163. The summed E-state index contributed by atoms with van der Waals surface area (Å²) in [7, 11) is 3.76. The van der Waals surface area contributed by atoms with Gasteiger partial charge in [-0.3, -0.25) is 24.0 Å². The summed E-state index contributed by atoms with van der Waals surface area (Å²) in [5, 5.41) is 0.183. The predicted octanol–water partition coefficient (Wildman–Crippen LogP) is 4.58. The first kappa shape index (κ1) is 32.5. The molecule has 11 heteroatoms. The summed E-state index contributed by atoms with van der Waals surface area (Å²) in [6.45, 7) is 11.9. The molecule has 0 radical (unpaired) electrons. The largest absolute Gasteiger partial charge is 0.458 e. The van der Waals surface area contributed by atoms with Crippen molar-refractivity contribution < 1.29 is 42.5 Å². The third kappa shape index (κ3) is 4.66. The highest BCUT2D eigenvalue weighted by atomic mass is 16.7. The second-order valence-electron chi connectivity index (χ2n) is 14.2. The van der Waals surface area contributed by atoms with E-state index in [4.69, 9.17) is 23.4 Å². The van der Waals surface area contributed by atoms with Crippen molar-refractivity contribution in [3.8, 4) is 0 Å². The molecule has 0 N–H and O–H groups in total. The Hall–Kier alpha value is -4.03. The Labute approximate surface area is 277 Å². The smallest absolute Gasteiger partial charge is 0.303 e. The van der Waals surface area contributed by atoms with Crippen LogP contribution in [0.2, 0.25) is 0 Å². The van der Waals surface area contributed by atoms with Crippen LogP contribution in [0.3, 0.4) is 0 Å². The van der Waals surface area contributed by atoms with Gasteiger partial charge in [0.15, 0.2) is 28.4 Å². The molecule has 3 fully saturated rings. The van der Waals surface area contributed by atoms with Crippen molar-refractivity contribution in [3.63, 3.8) is 0 Å². The number of carbonyl (C=O) groups is 4. The van der Waals surface area contributed by atoms with Gasteiger partial charge < -0.3 is 28.3 Å².